The van der Waals surface area contributed by atoms with Crippen molar-refractivity contribution in [1.29, 1.82) is 0 Å². The lowest BCUT2D eigenvalue weighted by Crippen LogP contribution is -2.25. The van der Waals surface area contributed by atoms with Crippen molar-refractivity contribution in [2.75, 3.05) is 11.4 Å². The molecule has 0 saturated carbocycles. The summed E-state index contributed by atoms with van der Waals surface area (Å²) in [4.78, 5) is 27.5. The number of amides is 1. The number of aromatic nitrogens is 4. The Morgan fingerprint density at radius 3 is 2.61 bits per heavy atom. The largest absolute Gasteiger partial charge is 0.312 e. The minimum Gasteiger partial charge on any atom is -0.312 e. The first-order valence-electron chi connectivity index (χ1n) is 8.95. The van der Waals surface area contributed by atoms with Crippen molar-refractivity contribution in [3.05, 3.63) is 59.4 Å². The number of rotatable bonds is 4. The maximum atomic E-state index is 13.1. The first-order chi connectivity index (χ1) is 13.4. The van der Waals surface area contributed by atoms with Gasteiger partial charge in [0.2, 0.25) is 11.7 Å². The molecule has 1 aliphatic rings. The van der Waals surface area contributed by atoms with Gasteiger partial charge in [-0.1, -0.05) is 0 Å². The molecule has 1 aromatic heterocycles. The Hall–Kier alpha value is -3.42. The number of anilines is 1. The maximum absolute atomic E-state index is 13.1. The third-order valence-corrected chi connectivity index (χ3v) is 4.90. The van der Waals surface area contributed by atoms with E-state index in [1.807, 2.05) is 12.1 Å². The maximum Gasteiger partial charge on any atom is 0.223 e. The number of hydrogen-bond donors (Lipinski definition) is 0. The first kappa shape index (κ1) is 18.0. The van der Waals surface area contributed by atoms with Crippen LogP contribution in [0.4, 0.5) is 10.1 Å². The van der Waals surface area contributed by atoms with Crippen molar-refractivity contribution in [2.24, 2.45) is 0 Å². The predicted molar refractivity (Wildman–Crippen MR) is 100 cm³/mol. The Morgan fingerprint density at radius 1 is 1.14 bits per heavy atom. The molecule has 0 bridgehead atoms. The molecule has 0 saturated heterocycles. The van der Waals surface area contributed by atoms with Crippen LogP contribution in [0.3, 0.4) is 0 Å². The van der Waals surface area contributed by atoms with Crippen LogP contribution in [0.2, 0.25) is 0 Å². The molecule has 28 heavy (non-hydrogen) atoms. The Bertz CT molecular complexity index is 1060. The molecular weight excluding hydrogens is 361 g/mol. The Labute approximate surface area is 160 Å². The summed E-state index contributed by atoms with van der Waals surface area (Å²) in [6, 6.07) is 10.5. The lowest BCUT2D eigenvalue weighted by Gasteiger charge is -2.15. The summed E-state index contributed by atoms with van der Waals surface area (Å²) in [6.07, 6.45) is 0.723. The van der Waals surface area contributed by atoms with Crippen molar-refractivity contribution < 1.29 is 14.0 Å². The summed E-state index contributed by atoms with van der Waals surface area (Å²) in [5.41, 5.74) is 2.99. The Morgan fingerprint density at radius 2 is 1.89 bits per heavy atom. The topological polar surface area (TPSA) is 81.0 Å². The van der Waals surface area contributed by atoms with Gasteiger partial charge in [-0.15, -0.1) is 10.2 Å². The number of ketones is 1. The number of carbonyl (C=O) groups is 2. The van der Waals surface area contributed by atoms with E-state index in [4.69, 9.17) is 0 Å². The van der Waals surface area contributed by atoms with Gasteiger partial charge in [-0.05, 0) is 66.6 Å². The van der Waals surface area contributed by atoms with Gasteiger partial charge in [0.25, 0.3) is 0 Å². The number of hydrogen-bond acceptors (Lipinski definition) is 5. The zero-order valence-electron chi connectivity index (χ0n) is 15.5. The Kier molecular flexibility index (Phi) is 4.46. The van der Waals surface area contributed by atoms with Crippen molar-refractivity contribution in [3.63, 3.8) is 0 Å². The summed E-state index contributed by atoms with van der Waals surface area (Å²) < 4.78 is 13.1. The van der Waals surface area contributed by atoms with Crippen LogP contribution in [0.5, 0.6) is 0 Å². The van der Waals surface area contributed by atoms with E-state index in [2.05, 4.69) is 15.4 Å². The zero-order chi connectivity index (χ0) is 19.8. The molecule has 1 atom stereocenters. The molecule has 0 spiro atoms. The fraction of sp³-hybridized carbons (Fsp3) is 0.250. The number of nitrogens with zero attached hydrogens (tertiary/aromatic N) is 5. The average molecular weight is 379 g/mol. The summed E-state index contributed by atoms with van der Waals surface area (Å²) >= 11 is 0. The summed E-state index contributed by atoms with van der Waals surface area (Å²) in [5.74, 6) is -0.177. The van der Waals surface area contributed by atoms with E-state index in [0.717, 1.165) is 17.7 Å². The molecule has 1 amide bonds. The zero-order valence-corrected chi connectivity index (χ0v) is 15.5. The van der Waals surface area contributed by atoms with Crippen LogP contribution < -0.4 is 4.90 Å². The lowest BCUT2D eigenvalue weighted by molar-refractivity contribution is -0.116. The number of benzene rings is 2. The van der Waals surface area contributed by atoms with Crippen LogP contribution in [-0.4, -0.2) is 38.4 Å². The van der Waals surface area contributed by atoms with Gasteiger partial charge in [-0.3, -0.25) is 9.59 Å². The Balaban J connectivity index is 1.56. The van der Waals surface area contributed by atoms with Crippen LogP contribution in [-0.2, 0) is 11.2 Å². The normalized spacial score (nSPS) is 14.0. The smallest absolute Gasteiger partial charge is 0.223 e. The minimum absolute atomic E-state index is 0.00803. The fourth-order valence-electron chi connectivity index (χ4n) is 3.33. The molecule has 1 aliphatic heterocycles. The van der Waals surface area contributed by atoms with Gasteiger partial charge in [0.15, 0.2) is 5.78 Å². The standard InChI is InChI=1S/C20H18FN5O2/c1-12(26-23-20(22-24-26)14-3-6-17(21)7-4-14)19(28)16-5-8-18-15(11-16)9-10-25(18)13(2)27/h3-8,11-12H,9-10H2,1-2H3. The molecule has 0 N–H and O–H groups in total. The molecule has 3 aromatic rings. The van der Waals surface area contributed by atoms with E-state index in [1.165, 1.54) is 23.9 Å². The number of carbonyl (C=O) groups excluding carboxylic acids is 2. The summed E-state index contributed by atoms with van der Waals surface area (Å²) in [5, 5.41) is 12.2. The van der Waals surface area contributed by atoms with Crippen LogP contribution in [0.15, 0.2) is 42.5 Å². The van der Waals surface area contributed by atoms with Crippen molar-refractivity contribution in [2.45, 2.75) is 26.3 Å². The highest BCUT2D eigenvalue weighted by atomic mass is 19.1. The number of Topliss-reactive ketones (excluding diaryl/α,β-unsaturated/α-hetero) is 1. The first-order valence-corrected chi connectivity index (χ1v) is 8.95. The van der Waals surface area contributed by atoms with Crippen molar-refractivity contribution >= 4 is 17.4 Å². The van der Waals surface area contributed by atoms with Crippen LogP contribution in [0.25, 0.3) is 11.4 Å². The van der Waals surface area contributed by atoms with E-state index < -0.39 is 6.04 Å². The fourth-order valence-corrected chi connectivity index (χ4v) is 3.33. The van der Waals surface area contributed by atoms with Gasteiger partial charge in [0, 0.05) is 30.3 Å². The highest BCUT2D eigenvalue weighted by molar-refractivity contribution is 6.00. The predicted octanol–water partition coefficient (Wildman–Crippen LogP) is 2.83. The molecule has 7 nitrogen and oxygen atoms in total. The monoisotopic (exact) mass is 379 g/mol. The molecule has 0 fully saturated rings. The van der Waals surface area contributed by atoms with Gasteiger partial charge in [0.05, 0.1) is 0 Å². The second kappa shape index (κ2) is 6.95. The van der Waals surface area contributed by atoms with E-state index >= 15 is 0 Å². The molecule has 4 rings (SSSR count). The van der Waals surface area contributed by atoms with Gasteiger partial charge >= 0.3 is 0 Å². The van der Waals surface area contributed by atoms with E-state index in [-0.39, 0.29) is 17.5 Å². The molecule has 0 radical (unpaired) electrons. The third-order valence-electron chi connectivity index (χ3n) is 4.90. The second-order valence-electron chi connectivity index (χ2n) is 6.74. The molecule has 0 aliphatic carbocycles. The third kappa shape index (κ3) is 3.17. The van der Waals surface area contributed by atoms with Gasteiger partial charge in [-0.2, -0.15) is 4.80 Å². The van der Waals surface area contributed by atoms with E-state index in [0.29, 0.717) is 23.5 Å². The molecule has 142 valence electrons. The van der Waals surface area contributed by atoms with E-state index in [9.17, 15) is 14.0 Å². The SMILES string of the molecule is CC(=O)N1CCc2cc(C(=O)C(C)n3nnc(-c4ccc(F)cc4)n3)ccc21. The molecule has 2 aromatic carbocycles. The van der Waals surface area contributed by atoms with Crippen molar-refractivity contribution in [3.8, 4) is 11.4 Å². The number of fused-ring (bicyclic) bond motifs is 1. The number of halogens is 1. The average Bonchev–Trinajstić information content (AvgIpc) is 3.34. The number of tetrazole rings is 1. The summed E-state index contributed by atoms with van der Waals surface area (Å²) in [6.45, 7) is 3.86. The highest BCUT2D eigenvalue weighted by Gasteiger charge is 2.25. The second-order valence-corrected chi connectivity index (χ2v) is 6.74. The molecular formula is C20H18FN5O2. The van der Waals surface area contributed by atoms with Gasteiger partial charge < -0.3 is 4.90 Å². The van der Waals surface area contributed by atoms with E-state index in [1.54, 1.807) is 30.0 Å². The van der Waals surface area contributed by atoms with Crippen LogP contribution >= 0.6 is 0 Å². The quantitative estimate of drug-likeness (QED) is 0.651. The van der Waals surface area contributed by atoms with Crippen LogP contribution in [0, 0.1) is 5.82 Å². The molecule has 1 unspecified atom stereocenters. The van der Waals surface area contributed by atoms with Crippen molar-refractivity contribution in [1.82, 2.24) is 20.2 Å². The summed E-state index contributed by atoms with van der Waals surface area (Å²) in [7, 11) is 0. The molecule has 8 heteroatoms. The lowest BCUT2D eigenvalue weighted by atomic mass is 10.0. The minimum atomic E-state index is -0.648. The van der Waals surface area contributed by atoms with Gasteiger partial charge in [-0.25, -0.2) is 4.39 Å². The van der Waals surface area contributed by atoms with Gasteiger partial charge in [0.1, 0.15) is 11.9 Å². The molecule has 2 heterocycles. The van der Waals surface area contributed by atoms with Crippen LogP contribution in [0.1, 0.15) is 35.8 Å². The highest BCUT2D eigenvalue weighted by Crippen LogP contribution is 2.30.